The highest BCUT2D eigenvalue weighted by Crippen LogP contribution is 2.25. The summed E-state index contributed by atoms with van der Waals surface area (Å²) in [6.07, 6.45) is 2.07. The predicted molar refractivity (Wildman–Crippen MR) is 94.7 cm³/mol. The number of carbonyl (C=O) groups excluding carboxylic acids is 1. The standard InChI is InChI=1S/C18H22FN3OS/c1-2-20-11-13-7-9-22(10-8-13)18(23)16-12-24-17(21-16)14-3-5-15(19)6-4-14/h3-6,12-13,20H,2,7-11H2,1H3. The molecule has 0 spiro atoms. The van der Waals surface area contributed by atoms with Gasteiger partial charge in [-0.3, -0.25) is 4.79 Å². The van der Waals surface area contributed by atoms with Crippen LogP contribution in [0, 0.1) is 11.7 Å². The van der Waals surface area contributed by atoms with Gasteiger partial charge in [-0.25, -0.2) is 9.37 Å². The molecule has 2 heterocycles. The highest BCUT2D eigenvalue weighted by Gasteiger charge is 2.25. The van der Waals surface area contributed by atoms with Crippen LogP contribution in [0.5, 0.6) is 0 Å². The molecule has 1 N–H and O–H groups in total. The van der Waals surface area contributed by atoms with Crippen molar-refractivity contribution in [3.8, 4) is 10.6 Å². The second kappa shape index (κ2) is 7.85. The maximum Gasteiger partial charge on any atom is 0.273 e. The molecule has 0 saturated carbocycles. The molecule has 1 amide bonds. The molecule has 1 saturated heterocycles. The summed E-state index contributed by atoms with van der Waals surface area (Å²) >= 11 is 1.42. The van der Waals surface area contributed by atoms with Crippen molar-refractivity contribution in [2.75, 3.05) is 26.2 Å². The predicted octanol–water partition coefficient (Wildman–Crippen LogP) is 3.41. The first kappa shape index (κ1) is 17.0. The highest BCUT2D eigenvalue weighted by molar-refractivity contribution is 7.13. The molecule has 1 aliphatic heterocycles. The summed E-state index contributed by atoms with van der Waals surface area (Å²) < 4.78 is 13.0. The number of piperidine rings is 1. The van der Waals surface area contributed by atoms with Crippen LogP contribution in [0.1, 0.15) is 30.3 Å². The van der Waals surface area contributed by atoms with E-state index in [2.05, 4.69) is 17.2 Å². The maximum absolute atomic E-state index is 13.0. The number of hydrogen-bond acceptors (Lipinski definition) is 4. The molecule has 1 aliphatic rings. The lowest BCUT2D eigenvalue weighted by Crippen LogP contribution is -2.40. The van der Waals surface area contributed by atoms with E-state index in [1.165, 1.54) is 23.5 Å². The fourth-order valence-electron chi connectivity index (χ4n) is 2.95. The minimum absolute atomic E-state index is 0.00140. The molecule has 0 radical (unpaired) electrons. The van der Waals surface area contributed by atoms with Crippen LogP contribution in [0.15, 0.2) is 29.6 Å². The monoisotopic (exact) mass is 347 g/mol. The lowest BCUT2D eigenvalue weighted by atomic mass is 9.96. The van der Waals surface area contributed by atoms with Crippen molar-refractivity contribution in [1.29, 1.82) is 0 Å². The van der Waals surface area contributed by atoms with Crippen LogP contribution in [-0.2, 0) is 0 Å². The first-order valence-corrected chi connectivity index (χ1v) is 9.26. The van der Waals surface area contributed by atoms with Crippen molar-refractivity contribution in [3.63, 3.8) is 0 Å². The van der Waals surface area contributed by atoms with Crippen LogP contribution in [0.4, 0.5) is 4.39 Å². The van der Waals surface area contributed by atoms with Gasteiger partial charge in [0.05, 0.1) is 0 Å². The van der Waals surface area contributed by atoms with Gasteiger partial charge >= 0.3 is 0 Å². The van der Waals surface area contributed by atoms with Crippen molar-refractivity contribution in [3.05, 3.63) is 41.2 Å². The first-order valence-electron chi connectivity index (χ1n) is 8.39. The Hall–Kier alpha value is -1.79. The second-order valence-electron chi connectivity index (χ2n) is 6.09. The minimum atomic E-state index is -0.271. The van der Waals surface area contributed by atoms with Crippen LogP contribution in [0.25, 0.3) is 10.6 Å². The van der Waals surface area contributed by atoms with Crippen LogP contribution < -0.4 is 5.32 Å². The van der Waals surface area contributed by atoms with Gasteiger partial charge in [0, 0.05) is 24.0 Å². The molecule has 128 valence electrons. The van der Waals surface area contributed by atoms with E-state index >= 15 is 0 Å². The number of hydrogen-bond donors (Lipinski definition) is 1. The molecular formula is C18H22FN3OS. The van der Waals surface area contributed by atoms with Gasteiger partial charge in [0.15, 0.2) is 0 Å². The molecule has 4 nitrogen and oxygen atoms in total. The second-order valence-corrected chi connectivity index (χ2v) is 6.95. The molecule has 0 bridgehead atoms. The average molecular weight is 347 g/mol. The van der Waals surface area contributed by atoms with Crippen LogP contribution in [0.2, 0.25) is 0 Å². The molecular weight excluding hydrogens is 325 g/mol. The number of aromatic nitrogens is 1. The molecule has 24 heavy (non-hydrogen) atoms. The zero-order valence-electron chi connectivity index (χ0n) is 13.8. The largest absolute Gasteiger partial charge is 0.337 e. The van der Waals surface area contributed by atoms with E-state index in [0.29, 0.717) is 11.6 Å². The summed E-state index contributed by atoms with van der Waals surface area (Å²) in [5, 5.41) is 5.93. The summed E-state index contributed by atoms with van der Waals surface area (Å²) in [6, 6.07) is 6.20. The molecule has 1 fully saturated rings. The molecule has 2 aromatic rings. The van der Waals surface area contributed by atoms with Gasteiger partial charge in [0.2, 0.25) is 0 Å². The van der Waals surface area contributed by atoms with E-state index < -0.39 is 0 Å². The zero-order chi connectivity index (χ0) is 16.9. The summed E-state index contributed by atoms with van der Waals surface area (Å²) in [5.74, 6) is 0.382. The summed E-state index contributed by atoms with van der Waals surface area (Å²) in [4.78, 5) is 19.0. The first-order chi connectivity index (χ1) is 11.7. The number of nitrogens with one attached hydrogen (secondary N) is 1. The summed E-state index contributed by atoms with van der Waals surface area (Å²) in [7, 11) is 0. The van der Waals surface area contributed by atoms with Crippen LogP contribution >= 0.6 is 11.3 Å². The quantitative estimate of drug-likeness (QED) is 0.901. The molecule has 0 unspecified atom stereocenters. The fourth-order valence-corrected chi connectivity index (χ4v) is 3.75. The van der Waals surface area contributed by atoms with Gasteiger partial charge < -0.3 is 10.2 Å². The van der Waals surface area contributed by atoms with E-state index in [0.717, 1.165) is 49.6 Å². The highest BCUT2D eigenvalue weighted by atomic mass is 32.1. The minimum Gasteiger partial charge on any atom is -0.337 e. The number of amides is 1. The number of nitrogens with zero attached hydrogens (tertiary/aromatic N) is 2. The van der Waals surface area contributed by atoms with Crippen molar-refractivity contribution in [2.45, 2.75) is 19.8 Å². The molecule has 3 rings (SSSR count). The van der Waals surface area contributed by atoms with Crippen LogP contribution in [-0.4, -0.2) is 42.0 Å². The Morgan fingerprint density at radius 1 is 1.33 bits per heavy atom. The number of benzene rings is 1. The van der Waals surface area contributed by atoms with E-state index in [1.807, 2.05) is 4.90 Å². The zero-order valence-corrected chi connectivity index (χ0v) is 14.6. The van der Waals surface area contributed by atoms with E-state index in [1.54, 1.807) is 17.5 Å². The Morgan fingerprint density at radius 2 is 2.04 bits per heavy atom. The maximum atomic E-state index is 13.0. The summed E-state index contributed by atoms with van der Waals surface area (Å²) in [5.41, 5.74) is 1.33. The van der Waals surface area contributed by atoms with E-state index in [9.17, 15) is 9.18 Å². The molecule has 0 atom stereocenters. The lowest BCUT2D eigenvalue weighted by molar-refractivity contribution is 0.0685. The smallest absolute Gasteiger partial charge is 0.273 e. The van der Waals surface area contributed by atoms with Crippen LogP contribution in [0.3, 0.4) is 0 Å². The molecule has 1 aromatic heterocycles. The van der Waals surface area contributed by atoms with Gasteiger partial charge in [-0.15, -0.1) is 11.3 Å². The van der Waals surface area contributed by atoms with Crippen molar-refractivity contribution >= 4 is 17.2 Å². The molecule has 0 aliphatic carbocycles. The number of likely N-dealkylation sites (tertiary alicyclic amines) is 1. The van der Waals surface area contributed by atoms with Gasteiger partial charge in [0.1, 0.15) is 16.5 Å². The Bertz CT molecular complexity index is 678. The third kappa shape index (κ3) is 3.99. The Kier molecular flexibility index (Phi) is 5.58. The van der Waals surface area contributed by atoms with Gasteiger partial charge in [0.25, 0.3) is 5.91 Å². The van der Waals surface area contributed by atoms with E-state index in [4.69, 9.17) is 0 Å². The molecule has 6 heteroatoms. The number of carbonyl (C=O) groups is 1. The Morgan fingerprint density at radius 3 is 2.71 bits per heavy atom. The van der Waals surface area contributed by atoms with E-state index in [-0.39, 0.29) is 11.7 Å². The third-order valence-corrected chi connectivity index (χ3v) is 5.29. The number of rotatable bonds is 5. The third-order valence-electron chi connectivity index (χ3n) is 4.40. The fraction of sp³-hybridized carbons (Fsp3) is 0.444. The van der Waals surface area contributed by atoms with Crippen molar-refractivity contribution in [2.24, 2.45) is 5.92 Å². The normalized spacial score (nSPS) is 15.7. The lowest BCUT2D eigenvalue weighted by Gasteiger charge is -2.31. The topological polar surface area (TPSA) is 45.2 Å². The molecule has 1 aromatic carbocycles. The summed E-state index contributed by atoms with van der Waals surface area (Å²) in [6.45, 7) is 5.71. The van der Waals surface area contributed by atoms with Gasteiger partial charge in [-0.2, -0.15) is 0 Å². The average Bonchev–Trinajstić information content (AvgIpc) is 3.10. The van der Waals surface area contributed by atoms with Gasteiger partial charge in [-0.05, 0) is 56.1 Å². The van der Waals surface area contributed by atoms with Gasteiger partial charge in [-0.1, -0.05) is 6.92 Å². The Balaban J connectivity index is 1.61. The van der Waals surface area contributed by atoms with Crippen molar-refractivity contribution < 1.29 is 9.18 Å². The SMILES string of the molecule is CCNCC1CCN(C(=O)c2csc(-c3ccc(F)cc3)n2)CC1. The number of halogens is 1. The number of thiazole rings is 1. The Labute approximate surface area is 145 Å². The van der Waals surface area contributed by atoms with Crippen molar-refractivity contribution in [1.82, 2.24) is 15.2 Å².